The molecule has 0 heterocycles. The molecule has 2 heteroatoms. The highest BCUT2D eigenvalue weighted by molar-refractivity contribution is 5.88. The Hall–Kier alpha value is -1.54. The molecular formula is C19H22O2. The average molecular weight is 282 g/mol. The van der Waals surface area contributed by atoms with Gasteiger partial charge in [0.15, 0.2) is 0 Å². The first-order valence-corrected chi connectivity index (χ1v) is 7.91. The van der Waals surface area contributed by atoms with Crippen molar-refractivity contribution in [3.63, 3.8) is 0 Å². The van der Waals surface area contributed by atoms with Crippen molar-refractivity contribution < 1.29 is 9.84 Å². The maximum Gasteiger partial charge on any atom is 0.119 e. The van der Waals surface area contributed by atoms with Gasteiger partial charge in [-0.3, -0.25) is 0 Å². The van der Waals surface area contributed by atoms with Crippen LogP contribution in [0.3, 0.4) is 0 Å². The summed E-state index contributed by atoms with van der Waals surface area (Å²) >= 11 is 0. The van der Waals surface area contributed by atoms with Crippen LogP contribution in [-0.4, -0.2) is 18.3 Å². The van der Waals surface area contributed by atoms with Gasteiger partial charge in [0.2, 0.25) is 0 Å². The minimum atomic E-state index is -0.137. The van der Waals surface area contributed by atoms with Crippen molar-refractivity contribution in [3.05, 3.63) is 41.5 Å². The molecule has 0 aromatic heterocycles. The van der Waals surface area contributed by atoms with E-state index in [0.29, 0.717) is 5.92 Å². The summed E-state index contributed by atoms with van der Waals surface area (Å²) in [4.78, 5) is 0. The van der Waals surface area contributed by atoms with Gasteiger partial charge < -0.3 is 9.84 Å². The van der Waals surface area contributed by atoms with E-state index in [0.717, 1.165) is 31.4 Å². The van der Waals surface area contributed by atoms with Crippen molar-refractivity contribution in [1.82, 2.24) is 0 Å². The molecule has 2 aliphatic carbocycles. The van der Waals surface area contributed by atoms with Crippen LogP contribution in [0.5, 0.6) is 5.75 Å². The Morgan fingerprint density at radius 3 is 2.86 bits per heavy atom. The Morgan fingerprint density at radius 1 is 1.19 bits per heavy atom. The zero-order valence-electron chi connectivity index (χ0n) is 12.7. The van der Waals surface area contributed by atoms with E-state index in [1.807, 2.05) is 0 Å². The second kappa shape index (κ2) is 4.48. The van der Waals surface area contributed by atoms with Crippen LogP contribution in [0.25, 0.3) is 10.8 Å². The molecular weight excluding hydrogens is 260 g/mol. The Morgan fingerprint density at radius 2 is 2.05 bits per heavy atom. The van der Waals surface area contributed by atoms with Crippen molar-refractivity contribution in [2.24, 2.45) is 5.41 Å². The number of hydrogen-bond donors (Lipinski definition) is 1. The lowest BCUT2D eigenvalue weighted by molar-refractivity contribution is 0.0459. The second-order valence-electron chi connectivity index (χ2n) is 6.87. The second-order valence-corrected chi connectivity index (χ2v) is 6.87. The first kappa shape index (κ1) is 13.1. The maximum absolute atomic E-state index is 10.4. The molecule has 2 nitrogen and oxygen atoms in total. The zero-order chi connectivity index (χ0) is 14.6. The molecule has 2 aromatic rings. The Kier molecular flexibility index (Phi) is 2.80. The molecule has 1 saturated carbocycles. The highest BCUT2D eigenvalue weighted by Gasteiger charge is 2.49. The number of aryl methyl sites for hydroxylation is 1. The van der Waals surface area contributed by atoms with Gasteiger partial charge in [-0.25, -0.2) is 0 Å². The van der Waals surface area contributed by atoms with Gasteiger partial charge in [-0.05, 0) is 65.6 Å². The Balaban J connectivity index is 1.89. The quantitative estimate of drug-likeness (QED) is 0.855. The van der Waals surface area contributed by atoms with Crippen molar-refractivity contribution in [3.8, 4) is 5.75 Å². The van der Waals surface area contributed by atoms with Gasteiger partial charge in [-0.15, -0.1) is 0 Å². The first-order valence-electron chi connectivity index (χ1n) is 7.91. The number of benzene rings is 2. The smallest absolute Gasteiger partial charge is 0.119 e. The molecule has 0 saturated heterocycles. The van der Waals surface area contributed by atoms with Crippen LogP contribution in [0.2, 0.25) is 0 Å². The van der Waals surface area contributed by atoms with Crippen LogP contribution >= 0.6 is 0 Å². The predicted octanol–water partition coefficient (Wildman–Crippen LogP) is 4.04. The monoisotopic (exact) mass is 282 g/mol. The molecule has 4 rings (SSSR count). The molecule has 0 radical (unpaired) electrons. The molecule has 0 aliphatic heterocycles. The number of aliphatic hydroxyl groups is 1. The van der Waals surface area contributed by atoms with E-state index in [4.69, 9.17) is 4.74 Å². The molecule has 21 heavy (non-hydrogen) atoms. The summed E-state index contributed by atoms with van der Waals surface area (Å²) in [7, 11) is 1.71. The van der Waals surface area contributed by atoms with Crippen LogP contribution in [0.15, 0.2) is 30.3 Å². The fourth-order valence-corrected chi connectivity index (χ4v) is 4.58. The van der Waals surface area contributed by atoms with E-state index in [9.17, 15) is 5.11 Å². The summed E-state index contributed by atoms with van der Waals surface area (Å²) in [6.45, 7) is 2.27. The first-order chi connectivity index (χ1) is 10.1. The van der Waals surface area contributed by atoms with Crippen LogP contribution in [0.4, 0.5) is 0 Å². The summed E-state index contributed by atoms with van der Waals surface area (Å²) in [6.07, 6.45) is 4.09. The minimum absolute atomic E-state index is 0.0765. The van der Waals surface area contributed by atoms with E-state index >= 15 is 0 Å². The third kappa shape index (κ3) is 1.75. The number of hydrogen-bond acceptors (Lipinski definition) is 2. The summed E-state index contributed by atoms with van der Waals surface area (Å²) < 4.78 is 5.33. The average Bonchev–Trinajstić information content (AvgIpc) is 2.82. The number of fused-ring (bicyclic) bond motifs is 5. The van der Waals surface area contributed by atoms with Gasteiger partial charge in [-0.2, -0.15) is 0 Å². The summed E-state index contributed by atoms with van der Waals surface area (Å²) in [5.41, 5.74) is 3.04. The Labute approximate surface area is 125 Å². The largest absolute Gasteiger partial charge is 0.497 e. The molecule has 110 valence electrons. The fraction of sp³-hybridized carbons (Fsp3) is 0.474. The lowest BCUT2D eigenvalue weighted by Crippen LogP contribution is -2.35. The van der Waals surface area contributed by atoms with Crippen LogP contribution < -0.4 is 4.74 Å². The molecule has 2 aliphatic rings. The Bertz CT molecular complexity index is 706. The molecule has 0 amide bonds. The maximum atomic E-state index is 10.4. The molecule has 3 atom stereocenters. The van der Waals surface area contributed by atoms with E-state index in [1.54, 1.807) is 7.11 Å². The fourth-order valence-electron chi connectivity index (χ4n) is 4.58. The molecule has 0 bridgehead atoms. The van der Waals surface area contributed by atoms with Gasteiger partial charge in [0, 0.05) is 5.41 Å². The zero-order valence-corrected chi connectivity index (χ0v) is 12.7. The van der Waals surface area contributed by atoms with Crippen LogP contribution in [0.1, 0.15) is 43.2 Å². The number of rotatable bonds is 1. The van der Waals surface area contributed by atoms with Gasteiger partial charge >= 0.3 is 0 Å². The molecule has 0 unspecified atom stereocenters. The van der Waals surface area contributed by atoms with Crippen LogP contribution in [0, 0.1) is 5.41 Å². The van der Waals surface area contributed by atoms with Gasteiger partial charge in [0.05, 0.1) is 13.2 Å². The molecule has 2 aromatic carbocycles. The van der Waals surface area contributed by atoms with Gasteiger partial charge in [0.25, 0.3) is 0 Å². The van der Waals surface area contributed by atoms with E-state index in [-0.39, 0.29) is 11.5 Å². The molecule has 1 fully saturated rings. The van der Waals surface area contributed by atoms with E-state index < -0.39 is 0 Å². The highest BCUT2D eigenvalue weighted by Crippen LogP contribution is 2.56. The van der Waals surface area contributed by atoms with E-state index in [1.165, 1.54) is 21.9 Å². The van der Waals surface area contributed by atoms with Gasteiger partial charge in [-0.1, -0.05) is 25.1 Å². The van der Waals surface area contributed by atoms with Crippen molar-refractivity contribution >= 4 is 10.8 Å². The van der Waals surface area contributed by atoms with Crippen molar-refractivity contribution in [2.75, 3.05) is 7.11 Å². The number of methoxy groups -OCH3 is 1. The number of ether oxygens (including phenoxy) is 1. The lowest BCUT2D eigenvalue weighted by atomic mass is 9.65. The standard InChI is InChI=1S/C19H22O2/c1-19-10-9-15-14-6-4-13(21-2)11-12(14)3-5-16(15)17(19)7-8-18(19)20/h3-6,11,17-18,20H,7-10H2,1-2H3/t17-,18-,19-/m0/s1. The number of aliphatic hydroxyl groups excluding tert-OH is 1. The van der Waals surface area contributed by atoms with Crippen LogP contribution in [-0.2, 0) is 6.42 Å². The minimum Gasteiger partial charge on any atom is -0.497 e. The topological polar surface area (TPSA) is 29.5 Å². The molecule has 0 spiro atoms. The summed E-state index contributed by atoms with van der Waals surface area (Å²) in [6, 6.07) is 10.9. The molecule has 1 N–H and O–H groups in total. The van der Waals surface area contributed by atoms with Crippen molar-refractivity contribution in [2.45, 2.75) is 44.6 Å². The normalized spacial score (nSPS) is 31.0. The highest BCUT2D eigenvalue weighted by atomic mass is 16.5. The van der Waals surface area contributed by atoms with E-state index in [2.05, 4.69) is 37.3 Å². The third-order valence-electron chi connectivity index (χ3n) is 5.95. The summed E-state index contributed by atoms with van der Waals surface area (Å²) in [5.74, 6) is 1.43. The third-order valence-corrected chi connectivity index (χ3v) is 5.95. The SMILES string of the molecule is COc1ccc2c3c(ccc2c1)[C@@H]1CC[C@H](O)[C@@]1(C)CC3. The lowest BCUT2D eigenvalue weighted by Gasteiger charge is -2.40. The van der Waals surface area contributed by atoms with Crippen molar-refractivity contribution in [1.29, 1.82) is 0 Å². The summed E-state index contributed by atoms with van der Waals surface area (Å²) in [5, 5.41) is 13.0. The predicted molar refractivity (Wildman–Crippen MR) is 84.9 cm³/mol. The van der Waals surface area contributed by atoms with Gasteiger partial charge in [0.1, 0.15) is 5.75 Å².